The smallest absolute Gasteiger partial charge is 0.243 e. The van der Waals surface area contributed by atoms with Gasteiger partial charge in [0.15, 0.2) is 5.78 Å². The Balaban J connectivity index is 1.75. The van der Waals surface area contributed by atoms with Crippen molar-refractivity contribution in [3.05, 3.63) is 112 Å². The van der Waals surface area contributed by atoms with Gasteiger partial charge in [-0.15, -0.1) is 0 Å². The average molecular weight is 542 g/mol. The molecule has 1 heterocycles. The number of aryl methyl sites for hydroxylation is 1. The molecule has 1 aliphatic rings. The van der Waals surface area contributed by atoms with Gasteiger partial charge in [-0.2, -0.15) is 4.31 Å². The molecule has 4 nitrogen and oxygen atoms in total. The summed E-state index contributed by atoms with van der Waals surface area (Å²) in [6.45, 7) is 14.9. The highest BCUT2D eigenvalue weighted by Gasteiger charge is 2.34. The number of rotatable bonds is 4. The molecule has 0 bridgehead atoms. The molecule has 5 heteroatoms. The second-order valence-electron chi connectivity index (χ2n) is 12.5. The third kappa shape index (κ3) is 6.66. The largest absolute Gasteiger partial charge is 0.289 e. The van der Waals surface area contributed by atoms with E-state index in [4.69, 9.17) is 0 Å². The summed E-state index contributed by atoms with van der Waals surface area (Å²) in [6, 6.07) is 23.1. The van der Waals surface area contributed by atoms with Gasteiger partial charge in [-0.25, -0.2) is 8.42 Å². The minimum atomic E-state index is -3.81. The summed E-state index contributed by atoms with van der Waals surface area (Å²) in [7, 11) is -3.81. The zero-order valence-corrected chi connectivity index (χ0v) is 24.9. The molecule has 0 saturated carbocycles. The van der Waals surface area contributed by atoms with Crippen molar-refractivity contribution in [2.75, 3.05) is 13.1 Å². The van der Waals surface area contributed by atoms with Crippen LogP contribution in [0, 0.1) is 6.92 Å². The van der Waals surface area contributed by atoms with Gasteiger partial charge in [0.1, 0.15) is 0 Å². The maximum Gasteiger partial charge on any atom is 0.243 e. The Labute approximate surface area is 234 Å². The molecule has 3 aromatic carbocycles. The number of carbonyl (C=O) groups is 1. The number of ketones is 1. The van der Waals surface area contributed by atoms with Crippen molar-refractivity contribution in [2.45, 2.75) is 64.2 Å². The number of Topliss-reactive ketones (excluding diaryl/α,β-unsaturated/α-hetero) is 1. The lowest BCUT2D eigenvalue weighted by Crippen LogP contribution is -2.41. The third-order valence-electron chi connectivity index (χ3n) is 7.17. The molecule has 0 aliphatic carbocycles. The van der Waals surface area contributed by atoms with E-state index in [2.05, 4.69) is 65.8 Å². The van der Waals surface area contributed by atoms with Gasteiger partial charge in [0.25, 0.3) is 0 Å². The number of carbonyl (C=O) groups excluding carboxylic acids is 1. The predicted molar refractivity (Wildman–Crippen MR) is 161 cm³/mol. The van der Waals surface area contributed by atoms with Crippen LogP contribution in [0.5, 0.6) is 0 Å². The standard InChI is InChI=1S/C34H39NO3S/c1-24-8-18-31(19-9-24)39(37,38)35-22-27(20-25-10-14-29(15-11-25)33(2,3)4)32(36)28(23-35)21-26-12-16-30(17-13-26)34(5,6)7/h8-21H,22-23H2,1-7H3. The maximum absolute atomic E-state index is 13.7. The molecule has 0 amide bonds. The van der Waals surface area contributed by atoms with Crippen LogP contribution in [0.4, 0.5) is 0 Å². The molecule has 0 unspecified atom stereocenters. The summed E-state index contributed by atoms with van der Waals surface area (Å²) in [5.41, 5.74) is 6.07. The van der Waals surface area contributed by atoms with E-state index < -0.39 is 10.0 Å². The van der Waals surface area contributed by atoms with E-state index in [9.17, 15) is 13.2 Å². The number of hydrogen-bond donors (Lipinski definition) is 0. The van der Waals surface area contributed by atoms with Crippen LogP contribution in [-0.2, 0) is 25.6 Å². The highest BCUT2D eigenvalue weighted by atomic mass is 32.2. The fourth-order valence-electron chi connectivity index (χ4n) is 4.60. The second-order valence-corrected chi connectivity index (χ2v) is 14.4. The quantitative estimate of drug-likeness (QED) is 0.325. The first kappa shape index (κ1) is 28.7. The Morgan fingerprint density at radius 3 is 1.38 bits per heavy atom. The van der Waals surface area contributed by atoms with Gasteiger partial charge in [0.05, 0.1) is 4.90 Å². The lowest BCUT2D eigenvalue weighted by atomic mass is 9.86. The first-order valence-corrected chi connectivity index (χ1v) is 14.8. The van der Waals surface area contributed by atoms with E-state index in [0.717, 1.165) is 16.7 Å². The normalized spacial score (nSPS) is 17.7. The third-order valence-corrected chi connectivity index (χ3v) is 8.98. The number of piperidine rings is 1. The minimum Gasteiger partial charge on any atom is -0.289 e. The lowest BCUT2D eigenvalue weighted by Gasteiger charge is -2.29. The Bertz CT molecular complexity index is 1430. The average Bonchev–Trinajstić information content (AvgIpc) is 2.86. The molecule has 1 aliphatic heterocycles. The van der Waals surface area contributed by atoms with Gasteiger partial charge in [-0.3, -0.25) is 4.79 Å². The molecule has 204 valence electrons. The van der Waals surface area contributed by atoms with Crippen LogP contribution < -0.4 is 0 Å². The van der Waals surface area contributed by atoms with Gasteiger partial charge in [0.2, 0.25) is 10.0 Å². The van der Waals surface area contributed by atoms with E-state index in [-0.39, 0.29) is 34.6 Å². The van der Waals surface area contributed by atoms with Crippen molar-refractivity contribution < 1.29 is 13.2 Å². The highest BCUT2D eigenvalue weighted by Crippen LogP contribution is 2.29. The van der Waals surface area contributed by atoms with E-state index in [1.165, 1.54) is 15.4 Å². The van der Waals surface area contributed by atoms with Crippen molar-refractivity contribution in [1.82, 2.24) is 4.31 Å². The van der Waals surface area contributed by atoms with Gasteiger partial charge in [-0.05, 0) is 64.3 Å². The van der Waals surface area contributed by atoms with Crippen LogP contribution in [0.3, 0.4) is 0 Å². The summed E-state index contributed by atoms with van der Waals surface area (Å²) in [6.07, 6.45) is 3.64. The van der Waals surface area contributed by atoms with Crippen molar-refractivity contribution in [2.24, 2.45) is 0 Å². The fourth-order valence-corrected chi connectivity index (χ4v) is 5.99. The number of hydrogen-bond acceptors (Lipinski definition) is 3. The van der Waals surface area contributed by atoms with Crippen LogP contribution in [0.2, 0.25) is 0 Å². The van der Waals surface area contributed by atoms with Crippen LogP contribution in [0.1, 0.15) is 69.4 Å². The van der Waals surface area contributed by atoms with E-state index in [1.807, 2.05) is 43.3 Å². The number of nitrogens with zero attached hydrogens (tertiary/aromatic N) is 1. The Morgan fingerprint density at radius 1 is 0.641 bits per heavy atom. The zero-order chi connectivity index (χ0) is 28.6. The summed E-state index contributed by atoms with van der Waals surface area (Å²) in [5.74, 6) is -0.120. The SMILES string of the molecule is Cc1ccc(S(=O)(=O)N2CC(=Cc3ccc(C(C)(C)C)cc3)C(=O)C(=Cc3ccc(C(C)(C)C)cc3)C2)cc1. The molecule has 0 radical (unpaired) electrons. The van der Waals surface area contributed by atoms with Gasteiger partial charge >= 0.3 is 0 Å². The minimum absolute atomic E-state index is 0.0176. The molecular weight excluding hydrogens is 502 g/mol. The lowest BCUT2D eigenvalue weighted by molar-refractivity contribution is -0.113. The molecule has 3 aromatic rings. The van der Waals surface area contributed by atoms with E-state index in [0.29, 0.717) is 11.1 Å². The summed E-state index contributed by atoms with van der Waals surface area (Å²) in [5, 5.41) is 0. The second kappa shape index (κ2) is 10.7. The molecule has 0 spiro atoms. The molecule has 0 aromatic heterocycles. The Morgan fingerprint density at radius 2 is 1.03 bits per heavy atom. The molecule has 0 atom stereocenters. The van der Waals surface area contributed by atoms with Crippen LogP contribution >= 0.6 is 0 Å². The fraction of sp³-hybridized carbons (Fsp3) is 0.324. The number of benzene rings is 3. The van der Waals surface area contributed by atoms with Gasteiger partial charge < -0.3 is 0 Å². The molecular formula is C34H39NO3S. The Hall–Kier alpha value is -3.28. The maximum atomic E-state index is 13.7. The first-order valence-electron chi connectivity index (χ1n) is 13.4. The number of sulfonamides is 1. The van der Waals surface area contributed by atoms with Crippen molar-refractivity contribution >= 4 is 28.0 Å². The summed E-state index contributed by atoms with van der Waals surface area (Å²) < 4.78 is 28.7. The van der Waals surface area contributed by atoms with Crippen LogP contribution in [0.15, 0.2) is 88.8 Å². The monoisotopic (exact) mass is 541 g/mol. The zero-order valence-electron chi connectivity index (χ0n) is 24.1. The van der Waals surface area contributed by atoms with Crippen molar-refractivity contribution in [1.29, 1.82) is 0 Å². The van der Waals surface area contributed by atoms with E-state index in [1.54, 1.807) is 24.3 Å². The summed E-state index contributed by atoms with van der Waals surface area (Å²) in [4.78, 5) is 13.9. The molecule has 1 fully saturated rings. The van der Waals surface area contributed by atoms with Crippen molar-refractivity contribution in [3.8, 4) is 0 Å². The first-order chi connectivity index (χ1) is 18.1. The highest BCUT2D eigenvalue weighted by molar-refractivity contribution is 7.89. The predicted octanol–water partition coefficient (Wildman–Crippen LogP) is 7.33. The van der Waals surface area contributed by atoms with Crippen LogP contribution in [0.25, 0.3) is 12.2 Å². The molecule has 0 N–H and O–H groups in total. The van der Waals surface area contributed by atoms with Crippen LogP contribution in [-0.4, -0.2) is 31.6 Å². The van der Waals surface area contributed by atoms with Gasteiger partial charge in [-0.1, -0.05) is 108 Å². The summed E-state index contributed by atoms with van der Waals surface area (Å²) >= 11 is 0. The molecule has 1 saturated heterocycles. The van der Waals surface area contributed by atoms with Crippen molar-refractivity contribution in [3.63, 3.8) is 0 Å². The molecule has 4 rings (SSSR count). The Kier molecular flexibility index (Phi) is 7.89. The van der Waals surface area contributed by atoms with E-state index >= 15 is 0 Å². The van der Waals surface area contributed by atoms with Gasteiger partial charge in [0, 0.05) is 24.2 Å². The molecule has 39 heavy (non-hydrogen) atoms. The topological polar surface area (TPSA) is 54.5 Å².